The van der Waals surface area contributed by atoms with Gasteiger partial charge in [-0.2, -0.15) is 0 Å². The van der Waals surface area contributed by atoms with E-state index in [0.29, 0.717) is 12.5 Å². The van der Waals surface area contributed by atoms with Gasteiger partial charge in [0, 0.05) is 37.6 Å². The van der Waals surface area contributed by atoms with Gasteiger partial charge in [-0.25, -0.2) is 15.0 Å². The molecule has 2 aliphatic rings. The maximum absolute atomic E-state index is 6.09. The molecule has 2 fully saturated rings. The van der Waals surface area contributed by atoms with Gasteiger partial charge < -0.3 is 14.4 Å². The Morgan fingerprint density at radius 1 is 1.14 bits per heavy atom. The topological polar surface area (TPSA) is 60.4 Å². The lowest BCUT2D eigenvalue weighted by atomic mass is 9.98. The SMILES string of the molecule is c1ccc(O[C@H]2CO[C@@]3(CCN(c4ncccn4)C3)C2)nc1. The molecule has 4 heterocycles. The van der Waals surface area contributed by atoms with Crippen molar-refractivity contribution in [3.63, 3.8) is 0 Å². The zero-order valence-corrected chi connectivity index (χ0v) is 12.3. The van der Waals surface area contributed by atoms with Gasteiger partial charge in [-0.1, -0.05) is 6.07 Å². The molecule has 4 rings (SSSR count). The third-order valence-corrected chi connectivity index (χ3v) is 4.25. The van der Waals surface area contributed by atoms with Crippen molar-refractivity contribution in [2.45, 2.75) is 24.5 Å². The van der Waals surface area contributed by atoms with Gasteiger partial charge in [0.25, 0.3) is 0 Å². The Morgan fingerprint density at radius 2 is 2.00 bits per heavy atom. The predicted octanol–water partition coefficient (Wildman–Crippen LogP) is 1.69. The molecular weight excluding hydrogens is 280 g/mol. The third-order valence-electron chi connectivity index (χ3n) is 4.25. The Labute approximate surface area is 129 Å². The zero-order chi connectivity index (χ0) is 14.8. The molecule has 0 bridgehead atoms. The summed E-state index contributed by atoms with van der Waals surface area (Å²) in [4.78, 5) is 15.0. The van der Waals surface area contributed by atoms with Crippen LogP contribution in [0.4, 0.5) is 5.95 Å². The van der Waals surface area contributed by atoms with Crippen molar-refractivity contribution >= 4 is 5.95 Å². The minimum absolute atomic E-state index is 0.0616. The molecule has 2 aromatic heterocycles. The lowest BCUT2D eigenvalue weighted by Crippen LogP contribution is -2.34. The minimum atomic E-state index is -0.140. The van der Waals surface area contributed by atoms with E-state index in [2.05, 4.69) is 19.9 Å². The number of hydrogen-bond donors (Lipinski definition) is 0. The molecule has 2 aliphatic heterocycles. The lowest BCUT2D eigenvalue weighted by molar-refractivity contribution is 0.0193. The van der Waals surface area contributed by atoms with Crippen LogP contribution < -0.4 is 9.64 Å². The summed E-state index contributed by atoms with van der Waals surface area (Å²) in [6.07, 6.45) is 7.21. The Hall–Kier alpha value is -2.21. The van der Waals surface area contributed by atoms with Crippen molar-refractivity contribution in [2.75, 3.05) is 24.6 Å². The zero-order valence-electron chi connectivity index (χ0n) is 12.3. The molecule has 0 unspecified atom stereocenters. The van der Waals surface area contributed by atoms with Gasteiger partial charge in [-0.15, -0.1) is 0 Å². The lowest BCUT2D eigenvalue weighted by Gasteiger charge is -2.23. The van der Waals surface area contributed by atoms with E-state index in [0.717, 1.165) is 31.9 Å². The van der Waals surface area contributed by atoms with E-state index in [-0.39, 0.29) is 11.7 Å². The Balaban J connectivity index is 1.40. The Bertz CT molecular complexity index is 625. The monoisotopic (exact) mass is 298 g/mol. The summed E-state index contributed by atoms with van der Waals surface area (Å²) in [6, 6.07) is 7.52. The highest BCUT2D eigenvalue weighted by Gasteiger charge is 2.47. The van der Waals surface area contributed by atoms with E-state index in [9.17, 15) is 0 Å². The summed E-state index contributed by atoms with van der Waals surface area (Å²) in [5, 5.41) is 0. The van der Waals surface area contributed by atoms with Gasteiger partial charge in [0.05, 0.1) is 18.8 Å². The highest BCUT2D eigenvalue weighted by Crippen LogP contribution is 2.37. The summed E-state index contributed by atoms with van der Waals surface area (Å²) in [6.45, 7) is 2.35. The number of ether oxygens (including phenoxy) is 2. The van der Waals surface area contributed by atoms with Gasteiger partial charge >= 0.3 is 0 Å². The predicted molar refractivity (Wildman–Crippen MR) is 80.8 cm³/mol. The molecule has 2 aromatic rings. The number of aromatic nitrogens is 3. The third kappa shape index (κ3) is 2.62. The molecular formula is C16H18N4O2. The van der Waals surface area contributed by atoms with Gasteiger partial charge in [0.2, 0.25) is 11.8 Å². The molecule has 0 aromatic carbocycles. The van der Waals surface area contributed by atoms with Crippen LogP contribution in [0.2, 0.25) is 0 Å². The summed E-state index contributed by atoms with van der Waals surface area (Å²) in [7, 11) is 0. The number of nitrogens with zero attached hydrogens (tertiary/aromatic N) is 4. The Morgan fingerprint density at radius 3 is 2.82 bits per heavy atom. The van der Waals surface area contributed by atoms with Crippen LogP contribution in [0.3, 0.4) is 0 Å². The average Bonchev–Trinajstić information content (AvgIpc) is 3.17. The van der Waals surface area contributed by atoms with Crippen LogP contribution in [-0.2, 0) is 4.74 Å². The second kappa shape index (κ2) is 5.53. The van der Waals surface area contributed by atoms with Crippen molar-refractivity contribution in [1.29, 1.82) is 0 Å². The van der Waals surface area contributed by atoms with Crippen molar-refractivity contribution < 1.29 is 9.47 Å². The second-order valence-corrected chi connectivity index (χ2v) is 5.83. The van der Waals surface area contributed by atoms with Crippen molar-refractivity contribution in [3.05, 3.63) is 42.9 Å². The van der Waals surface area contributed by atoms with E-state index in [1.54, 1.807) is 18.6 Å². The molecule has 22 heavy (non-hydrogen) atoms. The standard InChI is InChI=1S/C16H18N4O2/c1-2-6-17-14(4-1)22-13-10-16(21-11-13)5-9-20(12-16)15-18-7-3-8-19-15/h1-4,6-8,13H,5,9-12H2/t13-,16+/m1/s1. The normalized spacial score (nSPS) is 27.5. The first kappa shape index (κ1) is 13.5. The van der Waals surface area contributed by atoms with Crippen LogP contribution >= 0.6 is 0 Å². The van der Waals surface area contributed by atoms with E-state index in [1.165, 1.54) is 0 Å². The molecule has 0 saturated carbocycles. The number of hydrogen-bond acceptors (Lipinski definition) is 6. The smallest absolute Gasteiger partial charge is 0.225 e. The first-order chi connectivity index (χ1) is 10.8. The fraction of sp³-hybridized carbons (Fsp3) is 0.438. The molecule has 2 saturated heterocycles. The molecule has 114 valence electrons. The molecule has 6 nitrogen and oxygen atoms in total. The maximum atomic E-state index is 6.09. The quantitative estimate of drug-likeness (QED) is 0.859. The van der Waals surface area contributed by atoms with Crippen LogP contribution in [0, 0.1) is 0 Å². The maximum Gasteiger partial charge on any atom is 0.225 e. The first-order valence-corrected chi connectivity index (χ1v) is 7.57. The van der Waals surface area contributed by atoms with Crippen LogP contribution in [0.15, 0.2) is 42.9 Å². The van der Waals surface area contributed by atoms with Crippen molar-refractivity contribution in [1.82, 2.24) is 15.0 Å². The number of rotatable bonds is 3. The van der Waals surface area contributed by atoms with Crippen molar-refractivity contribution in [3.8, 4) is 5.88 Å². The Kier molecular flexibility index (Phi) is 3.38. The van der Waals surface area contributed by atoms with E-state index in [1.807, 2.05) is 24.3 Å². The van der Waals surface area contributed by atoms with Crippen LogP contribution in [0.25, 0.3) is 0 Å². The van der Waals surface area contributed by atoms with Gasteiger partial charge in [-0.3, -0.25) is 0 Å². The fourth-order valence-electron chi connectivity index (χ4n) is 3.22. The molecule has 6 heteroatoms. The summed E-state index contributed by atoms with van der Waals surface area (Å²) >= 11 is 0. The summed E-state index contributed by atoms with van der Waals surface area (Å²) in [5.41, 5.74) is -0.140. The second-order valence-electron chi connectivity index (χ2n) is 5.83. The largest absolute Gasteiger partial charge is 0.472 e. The number of pyridine rings is 1. The summed E-state index contributed by atoms with van der Waals surface area (Å²) in [5.74, 6) is 1.44. The van der Waals surface area contributed by atoms with Gasteiger partial charge in [0.15, 0.2) is 0 Å². The molecule has 2 atom stereocenters. The van der Waals surface area contributed by atoms with E-state index in [4.69, 9.17) is 9.47 Å². The number of anilines is 1. The first-order valence-electron chi connectivity index (χ1n) is 7.57. The molecule has 0 amide bonds. The molecule has 0 N–H and O–H groups in total. The summed E-state index contributed by atoms with van der Waals surface area (Å²) < 4.78 is 12.0. The molecule has 1 spiro atoms. The van der Waals surface area contributed by atoms with Crippen molar-refractivity contribution in [2.24, 2.45) is 0 Å². The van der Waals surface area contributed by atoms with Crippen LogP contribution in [0.5, 0.6) is 5.88 Å². The highest BCUT2D eigenvalue weighted by molar-refractivity contribution is 5.32. The van der Waals surface area contributed by atoms with E-state index < -0.39 is 0 Å². The molecule has 0 aliphatic carbocycles. The minimum Gasteiger partial charge on any atom is -0.472 e. The van der Waals surface area contributed by atoms with Gasteiger partial charge in [-0.05, 0) is 18.6 Å². The van der Waals surface area contributed by atoms with Crippen LogP contribution in [-0.4, -0.2) is 46.4 Å². The molecule has 0 radical (unpaired) electrons. The highest BCUT2D eigenvalue weighted by atomic mass is 16.6. The fourth-order valence-corrected chi connectivity index (χ4v) is 3.22. The average molecular weight is 298 g/mol. The van der Waals surface area contributed by atoms with Crippen LogP contribution in [0.1, 0.15) is 12.8 Å². The van der Waals surface area contributed by atoms with E-state index >= 15 is 0 Å². The van der Waals surface area contributed by atoms with Gasteiger partial charge in [0.1, 0.15) is 6.10 Å².